The second kappa shape index (κ2) is 11.9. The van der Waals surface area contributed by atoms with E-state index >= 15 is 0 Å². The molecule has 0 saturated heterocycles. The van der Waals surface area contributed by atoms with Crippen molar-refractivity contribution >= 4 is 15.7 Å². The van der Waals surface area contributed by atoms with Crippen LogP contribution in [0.15, 0.2) is 0 Å². The van der Waals surface area contributed by atoms with E-state index in [0.717, 1.165) is 0 Å². The minimum Gasteiger partial charge on any atom is -0.542 e. The van der Waals surface area contributed by atoms with Gasteiger partial charge in [-0.1, -0.05) is 9.39 Å². The van der Waals surface area contributed by atoms with E-state index in [-0.39, 0.29) is 59.8 Å². The molecule has 11 heavy (non-hydrogen) atoms. The first-order chi connectivity index (χ1) is 4.22. The van der Waals surface area contributed by atoms with Crippen molar-refractivity contribution in [2.75, 3.05) is 6.54 Å². The van der Waals surface area contributed by atoms with Crippen LogP contribution in [0, 0.1) is 13.8 Å². The standard InChI is InChI=1S/C6H11NOP.W.Y/c1-3-7(9)6(2)4-5-8;;/h6H,1-4,9H2;;/q-3;;. The third kappa shape index (κ3) is 9.77. The molecule has 0 rings (SSSR count). The molecule has 63 valence electrons. The summed E-state index contributed by atoms with van der Waals surface area (Å²) in [5, 5.41) is 0. The summed E-state index contributed by atoms with van der Waals surface area (Å²) in [6.45, 7) is 7.96. The monoisotopic (exact) mass is 417 g/mol. The Bertz CT molecular complexity index is 96.7. The molecule has 0 aromatic rings. The van der Waals surface area contributed by atoms with Crippen LogP contribution >= 0.6 is 9.39 Å². The Morgan fingerprint density at radius 1 is 1.64 bits per heavy atom. The Balaban J connectivity index is -0.000000320. The number of hydrogen-bond acceptors (Lipinski definition) is 2. The predicted octanol–water partition coefficient (Wildman–Crippen LogP) is 0.610. The summed E-state index contributed by atoms with van der Waals surface area (Å²) < 4.78 is 1.81. The summed E-state index contributed by atoms with van der Waals surface area (Å²) in [5.41, 5.74) is 0. The summed E-state index contributed by atoms with van der Waals surface area (Å²) in [7, 11) is 2.45. The number of rotatable bonds is 4. The molecule has 0 aromatic carbocycles. The normalized spacial score (nSPS) is 11.3. The third-order valence-electron chi connectivity index (χ3n) is 1.05. The zero-order valence-electron chi connectivity index (χ0n) is 6.32. The minimum absolute atomic E-state index is 0. The maximum atomic E-state index is 9.81. The van der Waals surface area contributed by atoms with E-state index in [2.05, 4.69) is 23.2 Å². The Hall–Kier alpha value is 1.85. The maximum absolute atomic E-state index is 9.81. The molecule has 0 fully saturated rings. The second-order valence-corrected chi connectivity index (χ2v) is 2.40. The first-order valence-corrected chi connectivity index (χ1v) is 3.22. The van der Waals surface area contributed by atoms with Crippen LogP contribution in [0.25, 0.3) is 0 Å². The van der Waals surface area contributed by atoms with Gasteiger partial charge in [0.1, 0.15) is 0 Å². The molecule has 5 heteroatoms. The van der Waals surface area contributed by atoms with Crippen molar-refractivity contribution in [1.82, 2.24) is 4.67 Å². The van der Waals surface area contributed by atoms with E-state index in [1.807, 2.05) is 4.67 Å². The van der Waals surface area contributed by atoms with Gasteiger partial charge in [0.15, 0.2) is 0 Å². The van der Waals surface area contributed by atoms with E-state index < -0.39 is 0 Å². The van der Waals surface area contributed by atoms with Crippen LogP contribution in [-0.4, -0.2) is 23.5 Å². The zero-order chi connectivity index (χ0) is 7.28. The predicted molar refractivity (Wildman–Crippen MR) is 41.2 cm³/mol. The van der Waals surface area contributed by atoms with Crippen molar-refractivity contribution in [1.29, 1.82) is 0 Å². The van der Waals surface area contributed by atoms with Crippen LogP contribution in [-0.2, 0) is 58.6 Å². The van der Waals surface area contributed by atoms with E-state index in [1.165, 1.54) is 0 Å². The average molecular weight is 417 g/mol. The third-order valence-corrected chi connectivity index (χ3v) is 1.73. The quantitative estimate of drug-likeness (QED) is 0.494. The summed E-state index contributed by atoms with van der Waals surface area (Å²) in [6.07, 6.45) is 2.13. The van der Waals surface area contributed by atoms with Crippen LogP contribution in [0.5, 0.6) is 0 Å². The fraction of sp³-hybridized carbons (Fsp3) is 0.500. The van der Waals surface area contributed by atoms with Gasteiger partial charge in [0.2, 0.25) is 0 Å². The van der Waals surface area contributed by atoms with Gasteiger partial charge in [0, 0.05) is 53.8 Å². The molecule has 0 spiro atoms. The van der Waals surface area contributed by atoms with Gasteiger partial charge in [0.05, 0.1) is 0 Å². The molecule has 2 nitrogen and oxygen atoms in total. The smallest absolute Gasteiger partial charge is 0 e. The second-order valence-electron chi connectivity index (χ2n) is 1.74. The SMILES string of the molecule is [CH2-]CN(P)C([CH2-])C[C-]=O.[W].[Y]. The van der Waals surface area contributed by atoms with Gasteiger partial charge in [-0.15, -0.1) is 12.6 Å². The van der Waals surface area contributed by atoms with Gasteiger partial charge >= 0.3 is 0 Å². The molecular weight excluding hydrogens is 406 g/mol. The van der Waals surface area contributed by atoms with Crippen molar-refractivity contribution in [3.63, 3.8) is 0 Å². The van der Waals surface area contributed by atoms with E-state index in [0.29, 0.717) is 13.0 Å². The molecular formula is C6H11NOPWY-3. The molecule has 0 heterocycles. The largest absolute Gasteiger partial charge is 0.542 e. The van der Waals surface area contributed by atoms with E-state index in [4.69, 9.17) is 0 Å². The van der Waals surface area contributed by atoms with Gasteiger partial charge < -0.3 is 23.3 Å². The minimum atomic E-state index is -0.00926. The van der Waals surface area contributed by atoms with Gasteiger partial charge in [-0.25, -0.2) is 0 Å². The van der Waals surface area contributed by atoms with Crippen molar-refractivity contribution in [3.8, 4) is 0 Å². The molecule has 0 amide bonds. The van der Waals surface area contributed by atoms with E-state index in [9.17, 15) is 4.79 Å². The Morgan fingerprint density at radius 2 is 2.09 bits per heavy atom. The van der Waals surface area contributed by atoms with Crippen molar-refractivity contribution < 1.29 is 58.6 Å². The molecule has 1 radical (unpaired) electrons. The molecule has 0 aliphatic heterocycles. The van der Waals surface area contributed by atoms with Crippen LogP contribution < -0.4 is 0 Å². The summed E-state index contributed by atoms with van der Waals surface area (Å²) in [6, 6.07) is -0.00926. The number of carbonyl (C=O) groups excluding carboxylic acids is 1. The summed E-state index contributed by atoms with van der Waals surface area (Å²) in [5.74, 6) is 0. The van der Waals surface area contributed by atoms with E-state index in [1.54, 1.807) is 6.29 Å². The molecule has 0 bridgehead atoms. The fourth-order valence-corrected chi connectivity index (χ4v) is 0.501. The van der Waals surface area contributed by atoms with Crippen LogP contribution in [0.2, 0.25) is 0 Å². The molecule has 0 aliphatic carbocycles. The molecule has 0 aliphatic rings. The molecule has 0 saturated carbocycles. The average Bonchev–Trinajstić information content (AvgIpc) is 1.87. The van der Waals surface area contributed by atoms with Gasteiger partial charge in [-0.3, -0.25) is 6.29 Å². The Kier molecular flexibility index (Phi) is 20.0. The van der Waals surface area contributed by atoms with Crippen LogP contribution in [0.1, 0.15) is 6.42 Å². The maximum Gasteiger partial charge on any atom is 0 e. The van der Waals surface area contributed by atoms with Gasteiger partial charge in [-0.05, 0) is 0 Å². The molecule has 0 N–H and O–H groups in total. The Morgan fingerprint density at radius 3 is 2.36 bits per heavy atom. The van der Waals surface area contributed by atoms with Crippen molar-refractivity contribution in [2.45, 2.75) is 12.5 Å². The fourth-order valence-electron chi connectivity index (χ4n) is 0.396. The van der Waals surface area contributed by atoms with Crippen molar-refractivity contribution in [2.24, 2.45) is 0 Å². The number of hydrogen-bond donors (Lipinski definition) is 0. The van der Waals surface area contributed by atoms with Crippen molar-refractivity contribution in [3.05, 3.63) is 13.8 Å². The first kappa shape index (κ1) is 18.6. The van der Waals surface area contributed by atoms with Crippen LogP contribution in [0.4, 0.5) is 0 Å². The molecule has 2 atom stereocenters. The Labute approximate surface area is 111 Å². The molecule has 0 aromatic heterocycles. The zero-order valence-corrected chi connectivity index (χ0v) is 13.3. The number of nitrogens with zero attached hydrogens (tertiary/aromatic N) is 1. The topological polar surface area (TPSA) is 20.3 Å². The summed E-state index contributed by atoms with van der Waals surface area (Å²) in [4.78, 5) is 9.81. The summed E-state index contributed by atoms with van der Waals surface area (Å²) >= 11 is 0. The van der Waals surface area contributed by atoms with Gasteiger partial charge in [-0.2, -0.15) is 6.42 Å². The van der Waals surface area contributed by atoms with Crippen LogP contribution in [0.3, 0.4) is 0 Å². The van der Waals surface area contributed by atoms with Gasteiger partial charge in [0.25, 0.3) is 0 Å². The molecule has 2 unspecified atom stereocenters. The first-order valence-electron chi connectivity index (χ1n) is 2.71.